The van der Waals surface area contributed by atoms with E-state index in [1.165, 1.54) is 12.1 Å². The van der Waals surface area contributed by atoms with Gasteiger partial charge in [-0.15, -0.1) is 0 Å². The summed E-state index contributed by atoms with van der Waals surface area (Å²) in [7, 11) is 1.88. The lowest BCUT2D eigenvalue weighted by Gasteiger charge is -2.35. The highest BCUT2D eigenvalue weighted by molar-refractivity contribution is 6.33. The van der Waals surface area contributed by atoms with Gasteiger partial charge in [0.15, 0.2) is 0 Å². The molecule has 0 aliphatic heterocycles. The minimum atomic E-state index is -0.281. The lowest BCUT2D eigenvalue weighted by molar-refractivity contribution is 0.368. The molecule has 0 aromatic heterocycles. The van der Waals surface area contributed by atoms with E-state index in [2.05, 4.69) is 19.2 Å². The van der Waals surface area contributed by atoms with Crippen molar-refractivity contribution in [1.29, 1.82) is 0 Å². The topological polar surface area (TPSA) is 12.0 Å². The van der Waals surface area contributed by atoms with E-state index in [-0.39, 0.29) is 17.3 Å². The third-order valence-corrected chi connectivity index (χ3v) is 4.45. The van der Waals surface area contributed by atoms with Crippen LogP contribution in [-0.4, -0.2) is 7.05 Å². The van der Waals surface area contributed by atoms with Crippen molar-refractivity contribution >= 4 is 23.2 Å². The fourth-order valence-electron chi connectivity index (χ4n) is 2.69. The molecule has 2 aromatic carbocycles. The Morgan fingerprint density at radius 1 is 1.05 bits per heavy atom. The van der Waals surface area contributed by atoms with E-state index in [1.807, 2.05) is 13.1 Å². The lowest BCUT2D eigenvalue weighted by atomic mass is 9.75. The Morgan fingerprint density at radius 2 is 1.67 bits per heavy atom. The molecule has 0 aliphatic carbocycles. The molecule has 0 heterocycles. The van der Waals surface area contributed by atoms with Gasteiger partial charge in [0.25, 0.3) is 0 Å². The van der Waals surface area contributed by atoms with Crippen molar-refractivity contribution in [3.8, 4) is 0 Å². The number of halogens is 3. The summed E-state index contributed by atoms with van der Waals surface area (Å²) in [6, 6.07) is 11.9. The number of hydrogen-bond acceptors (Lipinski definition) is 1. The van der Waals surface area contributed by atoms with Crippen molar-refractivity contribution in [3.63, 3.8) is 0 Å². The number of rotatable bonds is 4. The first-order valence-electron chi connectivity index (χ1n) is 6.74. The molecule has 2 rings (SSSR count). The third kappa shape index (κ3) is 3.39. The van der Waals surface area contributed by atoms with Gasteiger partial charge in [-0.05, 0) is 48.5 Å². The molecule has 112 valence electrons. The second kappa shape index (κ2) is 6.35. The summed E-state index contributed by atoms with van der Waals surface area (Å²) in [6.07, 6.45) is 0. The summed E-state index contributed by atoms with van der Waals surface area (Å²) in [4.78, 5) is 0. The van der Waals surface area contributed by atoms with Crippen LogP contribution < -0.4 is 5.32 Å². The van der Waals surface area contributed by atoms with E-state index in [0.717, 1.165) is 11.1 Å². The van der Waals surface area contributed by atoms with Crippen LogP contribution in [0.2, 0.25) is 10.0 Å². The van der Waals surface area contributed by atoms with Crippen LogP contribution in [0.15, 0.2) is 42.5 Å². The highest BCUT2D eigenvalue weighted by Gasteiger charge is 2.32. The standard InChI is InChI=1S/C17H18Cl2FN/c1-17(2,11-4-7-13(20)8-5-11)16(21-3)14-10-12(18)6-9-15(14)19/h4-10,16,21H,1-3H3. The quantitative estimate of drug-likeness (QED) is 0.796. The van der Waals surface area contributed by atoms with E-state index in [0.29, 0.717) is 10.0 Å². The molecule has 4 heteroatoms. The predicted octanol–water partition coefficient (Wildman–Crippen LogP) is 5.37. The average Bonchev–Trinajstić information content (AvgIpc) is 2.43. The summed E-state index contributed by atoms with van der Waals surface area (Å²) in [5.74, 6) is -0.239. The largest absolute Gasteiger partial charge is 0.312 e. The van der Waals surface area contributed by atoms with E-state index in [9.17, 15) is 4.39 Å². The summed E-state index contributed by atoms with van der Waals surface area (Å²) >= 11 is 12.4. The Kier molecular flexibility index (Phi) is 4.92. The minimum absolute atomic E-state index is 0.0471. The lowest BCUT2D eigenvalue weighted by Crippen LogP contribution is -2.35. The summed E-state index contributed by atoms with van der Waals surface area (Å²) < 4.78 is 13.1. The number of hydrogen-bond donors (Lipinski definition) is 1. The van der Waals surface area contributed by atoms with Gasteiger partial charge in [-0.2, -0.15) is 0 Å². The normalized spacial score (nSPS) is 13.2. The summed E-state index contributed by atoms with van der Waals surface area (Å²) in [6.45, 7) is 4.19. The van der Waals surface area contributed by atoms with Crippen LogP contribution in [0.1, 0.15) is 31.0 Å². The van der Waals surface area contributed by atoms with Gasteiger partial charge in [-0.25, -0.2) is 4.39 Å². The van der Waals surface area contributed by atoms with E-state index in [4.69, 9.17) is 23.2 Å². The molecule has 1 atom stereocenters. The zero-order valence-corrected chi connectivity index (χ0v) is 13.8. The Morgan fingerprint density at radius 3 is 2.24 bits per heavy atom. The fourth-order valence-corrected chi connectivity index (χ4v) is 3.09. The van der Waals surface area contributed by atoms with Gasteiger partial charge in [0.2, 0.25) is 0 Å². The van der Waals surface area contributed by atoms with Gasteiger partial charge in [-0.3, -0.25) is 0 Å². The highest BCUT2D eigenvalue weighted by Crippen LogP contribution is 2.40. The maximum atomic E-state index is 13.1. The third-order valence-electron chi connectivity index (χ3n) is 3.87. The van der Waals surface area contributed by atoms with Crippen molar-refractivity contribution in [2.45, 2.75) is 25.3 Å². The maximum absolute atomic E-state index is 13.1. The van der Waals surface area contributed by atoms with Crippen LogP contribution in [0.25, 0.3) is 0 Å². The maximum Gasteiger partial charge on any atom is 0.123 e. The molecule has 0 saturated carbocycles. The van der Waals surface area contributed by atoms with E-state index in [1.54, 1.807) is 24.3 Å². The van der Waals surface area contributed by atoms with Crippen molar-refractivity contribution in [1.82, 2.24) is 5.32 Å². The molecule has 21 heavy (non-hydrogen) atoms. The van der Waals surface area contributed by atoms with Crippen molar-refractivity contribution in [2.24, 2.45) is 0 Å². The van der Waals surface area contributed by atoms with Crippen LogP contribution in [0, 0.1) is 5.82 Å². The fraction of sp³-hybridized carbons (Fsp3) is 0.294. The first-order valence-corrected chi connectivity index (χ1v) is 7.50. The van der Waals surface area contributed by atoms with Gasteiger partial charge in [0.1, 0.15) is 5.82 Å². The molecule has 0 fully saturated rings. The van der Waals surface area contributed by atoms with Gasteiger partial charge in [0.05, 0.1) is 0 Å². The van der Waals surface area contributed by atoms with E-state index >= 15 is 0 Å². The second-order valence-electron chi connectivity index (χ2n) is 5.62. The van der Waals surface area contributed by atoms with Crippen molar-refractivity contribution in [2.75, 3.05) is 7.05 Å². The van der Waals surface area contributed by atoms with Crippen molar-refractivity contribution < 1.29 is 4.39 Å². The van der Waals surface area contributed by atoms with Crippen LogP contribution in [-0.2, 0) is 5.41 Å². The predicted molar refractivity (Wildman–Crippen MR) is 87.7 cm³/mol. The second-order valence-corrected chi connectivity index (χ2v) is 6.46. The number of benzene rings is 2. The smallest absolute Gasteiger partial charge is 0.123 e. The Labute approximate surface area is 135 Å². The molecule has 0 radical (unpaired) electrons. The monoisotopic (exact) mass is 325 g/mol. The minimum Gasteiger partial charge on any atom is -0.312 e. The van der Waals surface area contributed by atoms with Crippen molar-refractivity contribution in [3.05, 3.63) is 69.5 Å². The zero-order chi connectivity index (χ0) is 15.6. The SMILES string of the molecule is CNC(c1cc(Cl)ccc1Cl)C(C)(C)c1ccc(F)cc1. The van der Waals surface area contributed by atoms with Crippen LogP contribution in [0.5, 0.6) is 0 Å². The molecular formula is C17H18Cl2FN. The van der Waals surface area contributed by atoms with Crippen LogP contribution >= 0.6 is 23.2 Å². The van der Waals surface area contributed by atoms with Crippen LogP contribution in [0.4, 0.5) is 4.39 Å². The molecule has 0 bridgehead atoms. The Balaban J connectivity index is 2.48. The molecule has 0 spiro atoms. The molecule has 0 amide bonds. The first-order chi connectivity index (χ1) is 9.86. The van der Waals surface area contributed by atoms with E-state index < -0.39 is 0 Å². The molecule has 2 aromatic rings. The molecule has 1 N–H and O–H groups in total. The Bertz CT molecular complexity index is 623. The Hall–Kier alpha value is -1.09. The molecule has 1 unspecified atom stereocenters. The zero-order valence-electron chi connectivity index (χ0n) is 12.3. The summed E-state index contributed by atoms with van der Waals surface area (Å²) in [5, 5.41) is 4.61. The van der Waals surface area contributed by atoms with Crippen LogP contribution in [0.3, 0.4) is 0 Å². The van der Waals surface area contributed by atoms with Gasteiger partial charge >= 0.3 is 0 Å². The molecule has 0 aliphatic rings. The molecular weight excluding hydrogens is 308 g/mol. The number of likely N-dealkylation sites (N-methyl/N-ethyl adjacent to an activating group) is 1. The molecule has 0 saturated heterocycles. The van der Waals surface area contributed by atoms with Gasteiger partial charge in [0, 0.05) is 21.5 Å². The van der Waals surface area contributed by atoms with Gasteiger partial charge < -0.3 is 5.32 Å². The summed E-state index contributed by atoms with van der Waals surface area (Å²) in [5.41, 5.74) is 1.68. The number of nitrogens with one attached hydrogen (secondary N) is 1. The van der Waals surface area contributed by atoms with Gasteiger partial charge in [-0.1, -0.05) is 49.2 Å². The first kappa shape index (κ1) is 16.3. The molecule has 1 nitrogen and oxygen atoms in total. The average molecular weight is 326 g/mol. The highest BCUT2D eigenvalue weighted by atomic mass is 35.5.